The number of carbonyl (C=O) groups is 1. The van der Waals surface area contributed by atoms with Crippen molar-refractivity contribution in [1.82, 2.24) is 4.72 Å². The third kappa shape index (κ3) is 3.77. The van der Waals surface area contributed by atoms with Gasteiger partial charge >= 0.3 is 0 Å². The van der Waals surface area contributed by atoms with Gasteiger partial charge in [0, 0.05) is 12.6 Å². The predicted octanol–water partition coefficient (Wildman–Crippen LogP) is 1.23. The van der Waals surface area contributed by atoms with Gasteiger partial charge in [0.25, 0.3) is 5.91 Å². The minimum atomic E-state index is -3.64. The van der Waals surface area contributed by atoms with Crippen LogP contribution in [-0.4, -0.2) is 33.6 Å². The molecule has 0 aliphatic carbocycles. The molecule has 1 atom stereocenters. The first-order valence-electron chi connectivity index (χ1n) is 6.78. The summed E-state index contributed by atoms with van der Waals surface area (Å²) in [6.07, 6.45) is 1.18. The van der Waals surface area contributed by atoms with Gasteiger partial charge in [0.2, 0.25) is 10.0 Å². The molecule has 0 unspecified atom stereocenters. The van der Waals surface area contributed by atoms with Gasteiger partial charge < -0.3 is 14.8 Å². The Morgan fingerprint density at radius 3 is 3.00 bits per heavy atom. The maximum Gasteiger partial charge on any atom is 0.265 e. The van der Waals surface area contributed by atoms with Gasteiger partial charge in [0.05, 0.1) is 23.5 Å². The molecule has 1 aliphatic rings. The molecule has 0 bridgehead atoms. The highest BCUT2D eigenvalue weighted by Crippen LogP contribution is 2.31. The molecule has 120 valence electrons. The van der Waals surface area contributed by atoms with E-state index in [2.05, 4.69) is 16.6 Å². The second-order valence-electron chi connectivity index (χ2n) is 4.70. The van der Waals surface area contributed by atoms with Crippen molar-refractivity contribution < 1.29 is 22.7 Å². The summed E-state index contributed by atoms with van der Waals surface area (Å²) < 4.78 is 37.2. The molecular formula is C14H18N2O5S. The first-order valence-corrected chi connectivity index (χ1v) is 8.26. The predicted molar refractivity (Wildman–Crippen MR) is 81.1 cm³/mol. The van der Waals surface area contributed by atoms with Gasteiger partial charge in [-0.05, 0) is 25.5 Å². The number of ether oxygens (including phenoxy) is 2. The van der Waals surface area contributed by atoms with E-state index in [1.165, 1.54) is 24.5 Å². The molecule has 0 radical (unpaired) electrons. The number of carbonyl (C=O) groups excluding carboxylic acids is 1. The van der Waals surface area contributed by atoms with Crippen LogP contribution in [0.4, 0.5) is 5.69 Å². The molecule has 0 fully saturated rings. The van der Waals surface area contributed by atoms with Crippen molar-refractivity contribution in [3.05, 3.63) is 31.0 Å². The number of hydrogen-bond donors (Lipinski definition) is 2. The Labute approximate surface area is 129 Å². The molecule has 0 saturated carbocycles. The summed E-state index contributed by atoms with van der Waals surface area (Å²) in [6, 6.07) is 4.32. The largest absolute Gasteiger partial charge is 0.502 e. The summed E-state index contributed by atoms with van der Waals surface area (Å²) >= 11 is 0. The SMILES string of the molecule is C=COCCCNS(=O)(=O)c1ccc2c(c1)O[C@H](C)C(=O)N2. The van der Waals surface area contributed by atoms with Gasteiger partial charge in [-0.25, -0.2) is 13.1 Å². The molecule has 22 heavy (non-hydrogen) atoms. The van der Waals surface area contributed by atoms with Gasteiger partial charge in [0.1, 0.15) is 5.75 Å². The lowest BCUT2D eigenvalue weighted by Crippen LogP contribution is -2.34. The Hall–Kier alpha value is -2.06. The number of hydrogen-bond acceptors (Lipinski definition) is 5. The summed E-state index contributed by atoms with van der Waals surface area (Å²) in [5, 5.41) is 2.65. The normalized spacial score (nSPS) is 17.1. The highest BCUT2D eigenvalue weighted by molar-refractivity contribution is 7.89. The molecule has 0 aromatic heterocycles. The first kappa shape index (κ1) is 16.3. The lowest BCUT2D eigenvalue weighted by molar-refractivity contribution is -0.122. The average molecular weight is 326 g/mol. The van der Waals surface area contributed by atoms with E-state index < -0.39 is 16.1 Å². The zero-order valence-electron chi connectivity index (χ0n) is 12.2. The standard InChI is InChI=1S/C14H18N2O5S/c1-3-20-8-4-7-15-22(18,19)11-5-6-12-13(9-11)21-10(2)14(17)16-12/h3,5-6,9-10,15H,1,4,7-8H2,2H3,(H,16,17)/t10-/m1/s1. The van der Waals surface area contributed by atoms with Crippen LogP contribution < -0.4 is 14.8 Å². The Kier molecular flexibility index (Phi) is 5.04. The Bertz CT molecular complexity index is 672. The number of anilines is 1. The quantitative estimate of drug-likeness (QED) is 0.581. The zero-order valence-corrected chi connectivity index (χ0v) is 13.0. The number of nitrogens with one attached hydrogen (secondary N) is 2. The van der Waals surface area contributed by atoms with Gasteiger partial charge in [-0.1, -0.05) is 6.58 Å². The summed E-state index contributed by atoms with van der Waals surface area (Å²) in [4.78, 5) is 11.6. The molecule has 1 aliphatic heterocycles. The van der Waals surface area contributed by atoms with Crippen molar-refractivity contribution >= 4 is 21.6 Å². The third-order valence-electron chi connectivity index (χ3n) is 3.04. The van der Waals surface area contributed by atoms with Crippen LogP contribution in [0.15, 0.2) is 35.9 Å². The van der Waals surface area contributed by atoms with E-state index in [1.54, 1.807) is 6.92 Å². The fourth-order valence-corrected chi connectivity index (χ4v) is 2.97. The first-order chi connectivity index (χ1) is 10.4. The van der Waals surface area contributed by atoms with Crippen LogP contribution >= 0.6 is 0 Å². The fraction of sp³-hybridized carbons (Fsp3) is 0.357. The number of amides is 1. The van der Waals surface area contributed by atoms with Gasteiger partial charge in [-0.3, -0.25) is 4.79 Å². The van der Waals surface area contributed by atoms with E-state index in [0.717, 1.165) is 0 Å². The van der Waals surface area contributed by atoms with Crippen molar-refractivity contribution in [1.29, 1.82) is 0 Å². The summed E-state index contributed by atoms with van der Waals surface area (Å²) in [5.74, 6) is 0.0772. The van der Waals surface area contributed by atoms with E-state index in [4.69, 9.17) is 9.47 Å². The van der Waals surface area contributed by atoms with Crippen molar-refractivity contribution in [2.45, 2.75) is 24.3 Å². The van der Waals surface area contributed by atoms with Crippen LogP contribution in [0.1, 0.15) is 13.3 Å². The van der Waals surface area contributed by atoms with Crippen LogP contribution in [0.3, 0.4) is 0 Å². The fourth-order valence-electron chi connectivity index (χ4n) is 1.88. The summed E-state index contributed by atoms with van der Waals surface area (Å²) in [7, 11) is -3.64. The van der Waals surface area contributed by atoms with E-state index in [9.17, 15) is 13.2 Å². The van der Waals surface area contributed by atoms with E-state index in [0.29, 0.717) is 24.5 Å². The number of benzene rings is 1. The third-order valence-corrected chi connectivity index (χ3v) is 4.50. The minimum Gasteiger partial charge on any atom is -0.502 e. The molecule has 2 rings (SSSR count). The Morgan fingerprint density at radius 1 is 1.50 bits per heavy atom. The molecular weight excluding hydrogens is 308 g/mol. The molecule has 2 N–H and O–H groups in total. The molecule has 0 spiro atoms. The lowest BCUT2D eigenvalue weighted by atomic mass is 10.2. The van der Waals surface area contributed by atoms with Crippen molar-refractivity contribution in [2.75, 3.05) is 18.5 Å². The minimum absolute atomic E-state index is 0.0826. The van der Waals surface area contributed by atoms with Crippen LogP contribution in [-0.2, 0) is 19.6 Å². The van der Waals surface area contributed by atoms with Crippen LogP contribution in [0.5, 0.6) is 5.75 Å². The smallest absolute Gasteiger partial charge is 0.265 e. The molecule has 1 aromatic carbocycles. The average Bonchev–Trinajstić information content (AvgIpc) is 2.47. The summed E-state index contributed by atoms with van der Waals surface area (Å²) in [5.41, 5.74) is 0.460. The van der Waals surface area contributed by atoms with Crippen molar-refractivity contribution in [3.8, 4) is 5.75 Å². The molecule has 1 amide bonds. The van der Waals surface area contributed by atoms with Gasteiger partial charge in [0.15, 0.2) is 6.10 Å². The molecule has 1 aromatic rings. The van der Waals surface area contributed by atoms with Crippen molar-refractivity contribution in [2.24, 2.45) is 0 Å². The maximum atomic E-state index is 12.2. The molecule has 1 heterocycles. The number of fused-ring (bicyclic) bond motifs is 1. The molecule has 0 saturated heterocycles. The van der Waals surface area contributed by atoms with Crippen LogP contribution in [0, 0.1) is 0 Å². The highest BCUT2D eigenvalue weighted by Gasteiger charge is 2.25. The molecule has 8 heteroatoms. The Morgan fingerprint density at radius 2 is 2.27 bits per heavy atom. The van der Waals surface area contributed by atoms with E-state index in [-0.39, 0.29) is 17.3 Å². The van der Waals surface area contributed by atoms with Crippen LogP contribution in [0.2, 0.25) is 0 Å². The Balaban J connectivity index is 2.07. The molecule has 7 nitrogen and oxygen atoms in total. The maximum absolute atomic E-state index is 12.2. The zero-order chi connectivity index (χ0) is 16.2. The second-order valence-corrected chi connectivity index (χ2v) is 6.46. The van der Waals surface area contributed by atoms with E-state index in [1.807, 2.05) is 0 Å². The van der Waals surface area contributed by atoms with Crippen molar-refractivity contribution in [3.63, 3.8) is 0 Å². The number of rotatable bonds is 7. The lowest BCUT2D eigenvalue weighted by Gasteiger charge is -2.23. The number of sulfonamides is 1. The monoisotopic (exact) mass is 326 g/mol. The van der Waals surface area contributed by atoms with Crippen LogP contribution in [0.25, 0.3) is 0 Å². The second kappa shape index (κ2) is 6.80. The van der Waals surface area contributed by atoms with E-state index >= 15 is 0 Å². The highest BCUT2D eigenvalue weighted by atomic mass is 32.2. The van der Waals surface area contributed by atoms with Gasteiger partial charge in [-0.2, -0.15) is 0 Å². The topological polar surface area (TPSA) is 93.7 Å². The summed E-state index contributed by atoms with van der Waals surface area (Å²) in [6.45, 7) is 5.64. The van der Waals surface area contributed by atoms with Gasteiger partial charge in [-0.15, -0.1) is 0 Å².